The molecule has 0 saturated carbocycles. The normalized spacial score (nSPS) is 16.9. The summed E-state index contributed by atoms with van der Waals surface area (Å²) in [7, 11) is 0. The van der Waals surface area contributed by atoms with Crippen molar-refractivity contribution in [3.05, 3.63) is 57.5 Å². The van der Waals surface area contributed by atoms with E-state index in [0.29, 0.717) is 18.8 Å². The fourth-order valence-electron chi connectivity index (χ4n) is 3.48. The largest absolute Gasteiger partial charge is 0.328 e. The van der Waals surface area contributed by atoms with E-state index in [2.05, 4.69) is 18.1 Å². The van der Waals surface area contributed by atoms with Gasteiger partial charge in [0.1, 0.15) is 10.7 Å². The van der Waals surface area contributed by atoms with Crippen LogP contribution in [0.1, 0.15) is 54.1 Å². The molecule has 4 rings (SSSR count). The fraction of sp³-hybridized carbons (Fsp3) is 0.400. The van der Waals surface area contributed by atoms with Gasteiger partial charge >= 0.3 is 0 Å². The highest BCUT2D eigenvalue weighted by Crippen LogP contribution is 2.36. The van der Waals surface area contributed by atoms with Crippen molar-refractivity contribution in [1.29, 1.82) is 0 Å². The van der Waals surface area contributed by atoms with Crippen LogP contribution in [0.2, 0.25) is 0 Å². The summed E-state index contributed by atoms with van der Waals surface area (Å²) in [4.78, 5) is 31.7. The Kier molecular flexibility index (Phi) is 5.03. The molecule has 1 saturated heterocycles. The van der Waals surface area contributed by atoms with Crippen molar-refractivity contribution in [3.8, 4) is 0 Å². The minimum absolute atomic E-state index is 0.0206. The minimum Gasteiger partial charge on any atom is -0.328 e. The van der Waals surface area contributed by atoms with Gasteiger partial charge in [-0.3, -0.25) is 9.59 Å². The molecule has 2 aromatic heterocycles. The van der Waals surface area contributed by atoms with Gasteiger partial charge in [0, 0.05) is 19.2 Å². The molecule has 1 aliphatic heterocycles. The Morgan fingerprint density at radius 1 is 1.26 bits per heavy atom. The van der Waals surface area contributed by atoms with Gasteiger partial charge in [-0.1, -0.05) is 25.5 Å². The molecule has 1 aliphatic rings. The number of para-hydroxylation sites is 1. The summed E-state index contributed by atoms with van der Waals surface area (Å²) in [5.74, 6) is -0.123. The maximum absolute atomic E-state index is 13.1. The molecule has 0 bridgehead atoms. The standard InChI is InChI=1S/C20H22N4O2S/c1-2-3-13-24-18(25)11-10-15(22-24)20(26)23-12-6-8-16(23)19-21-14-7-4-5-9-17(14)27-19/h4-5,7,9-11,16H,2-3,6,8,12-13H2,1H3. The molecule has 1 aromatic carbocycles. The Bertz CT molecular complexity index is 993. The molecule has 0 aliphatic carbocycles. The third kappa shape index (κ3) is 3.51. The van der Waals surface area contributed by atoms with Crippen molar-refractivity contribution in [2.45, 2.75) is 45.2 Å². The van der Waals surface area contributed by atoms with Crippen molar-refractivity contribution in [3.63, 3.8) is 0 Å². The zero-order valence-corrected chi connectivity index (χ0v) is 16.1. The molecule has 1 atom stereocenters. The molecule has 27 heavy (non-hydrogen) atoms. The average molecular weight is 382 g/mol. The third-order valence-corrected chi connectivity index (χ3v) is 6.06. The summed E-state index contributed by atoms with van der Waals surface area (Å²) in [5, 5.41) is 5.29. The lowest BCUT2D eigenvalue weighted by Gasteiger charge is -2.22. The van der Waals surface area contributed by atoms with E-state index < -0.39 is 0 Å². The van der Waals surface area contributed by atoms with E-state index in [1.54, 1.807) is 17.4 Å². The van der Waals surface area contributed by atoms with Gasteiger partial charge in [0.15, 0.2) is 0 Å². The second kappa shape index (κ2) is 7.60. The predicted molar refractivity (Wildman–Crippen MR) is 106 cm³/mol. The van der Waals surface area contributed by atoms with Gasteiger partial charge in [0.2, 0.25) is 0 Å². The number of nitrogens with zero attached hydrogens (tertiary/aromatic N) is 4. The monoisotopic (exact) mass is 382 g/mol. The summed E-state index contributed by atoms with van der Waals surface area (Å²) in [6, 6.07) is 11.0. The SMILES string of the molecule is CCCCn1nc(C(=O)N2CCCC2c2nc3ccccc3s2)ccc1=O. The summed E-state index contributed by atoms with van der Waals surface area (Å²) in [6.45, 7) is 3.29. The first kappa shape index (κ1) is 17.9. The number of carbonyl (C=O) groups is 1. The predicted octanol–water partition coefficient (Wildman–Crippen LogP) is 3.63. The first-order chi connectivity index (χ1) is 13.2. The third-order valence-electron chi connectivity index (χ3n) is 4.92. The molecule has 0 radical (unpaired) electrons. The number of aryl methyl sites for hydroxylation is 1. The van der Waals surface area contributed by atoms with Crippen molar-refractivity contribution < 1.29 is 4.79 Å². The Hall–Kier alpha value is -2.54. The number of likely N-dealkylation sites (tertiary alicyclic amines) is 1. The fourth-order valence-corrected chi connectivity index (χ4v) is 4.59. The van der Waals surface area contributed by atoms with E-state index in [9.17, 15) is 9.59 Å². The molecular formula is C20H22N4O2S. The first-order valence-electron chi connectivity index (χ1n) is 9.42. The molecule has 3 heterocycles. The summed E-state index contributed by atoms with van der Waals surface area (Å²) < 4.78 is 2.54. The van der Waals surface area contributed by atoms with E-state index >= 15 is 0 Å². The number of hydrogen-bond donors (Lipinski definition) is 0. The first-order valence-corrected chi connectivity index (χ1v) is 10.2. The number of hydrogen-bond acceptors (Lipinski definition) is 5. The Balaban J connectivity index is 1.61. The minimum atomic E-state index is -0.163. The molecule has 0 spiro atoms. The van der Waals surface area contributed by atoms with E-state index in [0.717, 1.165) is 40.9 Å². The van der Waals surface area contributed by atoms with Gasteiger partial charge in [0.05, 0.1) is 16.3 Å². The highest BCUT2D eigenvalue weighted by Gasteiger charge is 2.33. The summed E-state index contributed by atoms with van der Waals surface area (Å²) >= 11 is 1.65. The number of unbranched alkanes of at least 4 members (excludes halogenated alkanes) is 1. The van der Waals surface area contributed by atoms with Crippen molar-refractivity contribution in [2.24, 2.45) is 0 Å². The van der Waals surface area contributed by atoms with E-state index in [1.807, 2.05) is 23.1 Å². The van der Waals surface area contributed by atoms with Gasteiger partial charge in [-0.15, -0.1) is 11.3 Å². The van der Waals surface area contributed by atoms with E-state index in [4.69, 9.17) is 4.98 Å². The Labute approximate surface area is 161 Å². The Morgan fingerprint density at radius 2 is 2.11 bits per heavy atom. The molecule has 6 nitrogen and oxygen atoms in total. The van der Waals surface area contributed by atoms with Gasteiger partial charge < -0.3 is 4.90 Å². The molecular weight excluding hydrogens is 360 g/mol. The number of fused-ring (bicyclic) bond motifs is 1. The number of carbonyl (C=O) groups excluding carboxylic acids is 1. The lowest BCUT2D eigenvalue weighted by Crippen LogP contribution is -2.33. The van der Waals surface area contributed by atoms with Crippen LogP contribution in [0.3, 0.4) is 0 Å². The molecule has 1 fully saturated rings. The van der Waals surface area contributed by atoms with Crippen LogP contribution in [0, 0.1) is 0 Å². The Morgan fingerprint density at radius 3 is 2.93 bits per heavy atom. The number of rotatable bonds is 5. The zero-order chi connectivity index (χ0) is 18.8. The van der Waals surface area contributed by atoms with Crippen LogP contribution in [0.15, 0.2) is 41.2 Å². The van der Waals surface area contributed by atoms with Gasteiger partial charge in [0.25, 0.3) is 11.5 Å². The van der Waals surface area contributed by atoms with Crippen molar-refractivity contribution in [1.82, 2.24) is 19.7 Å². The van der Waals surface area contributed by atoms with Crippen molar-refractivity contribution >= 4 is 27.5 Å². The highest BCUT2D eigenvalue weighted by molar-refractivity contribution is 7.18. The maximum atomic E-state index is 13.1. The van der Waals surface area contributed by atoms with Crippen molar-refractivity contribution in [2.75, 3.05) is 6.54 Å². The molecule has 0 N–H and O–H groups in total. The highest BCUT2D eigenvalue weighted by atomic mass is 32.1. The molecule has 140 valence electrons. The van der Waals surface area contributed by atoms with E-state index in [1.165, 1.54) is 10.7 Å². The van der Waals surface area contributed by atoms with Crippen LogP contribution in [-0.4, -0.2) is 32.1 Å². The van der Waals surface area contributed by atoms with Crippen LogP contribution in [-0.2, 0) is 6.54 Å². The van der Waals surface area contributed by atoms with Crippen LogP contribution >= 0.6 is 11.3 Å². The van der Waals surface area contributed by atoms with Crippen LogP contribution in [0.5, 0.6) is 0 Å². The molecule has 7 heteroatoms. The van der Waals surface area contributed by atoms with Crippen LogP contribution < -0.4 is 5.56 Å². The maximum Gasteiger partial charge on any atom is 0.274 e. The van der Waals surface area contributed by atoms with Crippen LogP contribution in [0.4, 0.5) is 0 Å². The topological polar surface area (TPSA) is 68.1 Å². The van der Waals surface area contributed by atoms with E-state index in [-0.39, 0.29) is 17.5 Å². The van der Waals surface area contributed by atoms with Gasteiger partial charge in [-0.25, -0.2) is 9.67 Å². The molecule has 3 aromatic rings. The smallest absolute Gasteiger partial charge is 0.274 e. The number of benzene rings is 1. The second-order valence-electron chi connectivity index (χ2n) is 6.81. The lowest BCUT2D eigenvalue weighted by molar-refractivity contribution is 0.0726. The molecule has 1 amide bonds. The summed E-state index contributed by atoms with van der Waals surface area (Å²) in [5.41, 5.74) is 1.14. The zero-order valence-electron chi connectivity index (χ0n) is 15.3. The lowest BCUT2D eigenvalue weighted by atomic mass is 10.2. The number of aromatic nitrogens is 3. The molecule has 1 unspecified atom stereocenters. The number of amides is 1. The quantitative estimate of drug-likeness (QED) is 0.676. The average Bonchev–Trinajstić information content (AvgIpc) is 3.33. The number of thiazole rings is 1. The van der Waals surface area contributed by atoms with Crippen LogP contribution in [0.25, 0.3) is 10.2 Å². The second-order valence-corrected chi connectivity index (χ2v) is 7.87. The summed E-state index contributed by atoms with van der Waals surface area (Å²) in [6.07, 6.45) is 3.68. The van der Waals surface area contributed by atoms with Gasteiger partial charge in [-0.2, -0.15) is 5.10 Å². The van der Waals surface area contributed by atoms with Gasteiger partial charge in [-0.05, 0) is 37.5 Å².